The van der Waals surface area contributed by atoms with Gasteiger partial charge in [-0.2, -0.15) is 4.52 Å². The second kappa shape index (κ2) is 8.12. The van der Waals surface area contributed by atoms with E-state index in [2.05, 4.69) is 10.1 Å². The van der Waals surface area contributed by atoms with Crippen molar-refractivity contribution in [3.05, 3.63) is 46.3 Å². The van der Waals surface area contributed by atoms with Gasteiger partial charge in [0.05, 0.1) is 6.61 Å². The molecule has 9 heteroatoms. The van der Waals surface area contributed by atoms with Gasteiger partial charge in [0.1, 0.15) is 43.4 Å². The van der Waals surface area contributed by atoms with E-state index < -0.39 is 0 Å². The SMILES string of the molecule is CCc1nc2sc([C@H](c3ccc(F)cc3)[NH+]3CC[NH+](CCO)CC3)c(O)n2n1. The molecule has 1 aliphatic rings. The average molecular weight is 408 g/mol. The lowest BCUT2D eigenvalue weighted by Crippen LogP contribution is -3.28. The van der Waals surface area contributed by atoms with E-state index >= 15 is 0 Å². The monoisotopic (exact) mass is 407 g/mol. The van der Waals surface area contributed by atoms with Crippen LogP contribution in [-0.4, -0.2) is 64.1 Å². The van der Waals surface area contributed by atoms with Crippen LogP contribution in [-0.2, 0) is 6.42 Å². The molecule has 0 spiro atoms. The summed E-state index contributed by atoms with van der Waals surface area (Å²) in [5, 5.41) is 24.5. The number of nitrogens with zero attached hydrogens (tertiary/aromatic N) is 3. The number of aromatic nitrogens is 3. The van der Waals surface area contributed by atoms with Gasteiger partial charge in [-0.1, -0.05) is 18.3 Å². The van der Waals surface area contributed by atoms with E-state index in [9.17, 15) is 14.6 Å². The Morgan fingerprint density at radius 2 is 1.93 bits per heavy atom. The number of benzene rings is 1. The maximum Gasteiger partial charge on any atom is 0.235 e. The molecule has 7 nitrogen and oxygen atoms in total. The lowest BCUT2D eigenvalue weighted by Gasteiger charge is -2.34. The molecule has 1 saturated heterocycles. The fourth-order valence-electron chi connectivity index (χ4n) is 3.98. The van der Waals surface area contributed by atoms with Gasteiger partial charge in [0, 0.05) is 12.0 Å². The first-order valence-corrected chi connectivity index (χ1v) is 10.5. The first-order valence-electron chi connectivity index (χ1n) is 9.72. The Hall–Kier alpha value is -2.07. The summed E-state index contributed by atoms with van der Waals surface area (Å²) < 4.78 is 15.0. The number of rotatable bonds is 6. The summed E-state index contributed by atoms with van der Waals surface area (Å²) in [6.45, 7) is 6.66. The van der Waals surface area contributed by atoms with Crippen LogP contribution in [0.2, 0.25) is 0 Å². The minimum atomic E-state index is -0.269. The van der Waals surface area contributed by atoms with Gasteiger partial charge < -0.3 is 20.0 Å². The average Bonchev–Trinajstić information content (AvgIpc) is 3.24. The molecule has 2 aromatic heterocycles. The zero-order valence-electron chi connectivity index (χ0n) is 15.9. The molecule has 1 fully saturated rings. The molecule has 3 heterocycles. The lowest BCUT2D eigenvalue weighted by molar-refractivity contribution is -1.02. The van der Waals surface area contributed by atoms with Gasteiger partial charge in [-0.15, -0.1) is 5.10 Å². The number of fused-ring (bicyclic) bond motifs is 1. The summed E-state index contributed by atoms with van der Waals surface area (Å²) in [5.74, 6) is 0.563. The molecule has 4 rings (SSSR count). The Labute approximate surface area is 166 Å². The lowest BCUT2D eigenvalue weighted by atomic mass is 10.0. The molecule has 0 saturated carbocycles. The smallest absolute Gasteiger partial charge is 0.235 e. The highest BCUT2D eigenvalue weighted by molar-refractivity contribution is 7.17. The molecule has 0 aliphatic carbocycles. The van der Waals surface area contributed by atoms with E-state index in [4.69, 9.17) is 0 Å². The first-order chi connectivity index (χ1) is 13.6. The Kier molecular flexibility index (Phi) is 5.58. The van der Waals surface area contributed by atoms with Crippen LogP contribution >= 0.6 is 11.3 Å². The van der Waals surface area contributed by atoms with E-state index in [1.165, 1.54) is 37.8 Å². The highest BCUT2D eigenvalue weighted by Gasteiger charge is 2.36. The fourth-order valence-corrected chi connectivity index (χ4v) is 5.14. The van der Waals surface area contributed by atoms with Crippen LogP contribution in [0.25, 0.3) is 4.96 Å². The van der Waals surface area contributed by atoms with Crippen molar-refractivity contribution < 1.29 is 24.4 Å². The standard InChI is InChI=1S/C19H24FN5O2S/c1-2-15-21-19-25(22-15)18(27)17(28-19)16(13-3-5-14(20)6-4-13)24-9-7-23(8-10-24)11-12-26/h3-6,16,26-27H,2,7-12H2,1H3/p+2/t16-/m0/s1. The predicted molar refractivity (Wildman–Crippen MR) is 103 cm³/mol. The Balaban J connectivity index is 1.70. The van der Waals surface area contributed by atoms with Crippen LogP contribution in [0.15, 0.2) is 24.3 Å². The third-order valence-corrected chi connectivity index (χ3v) is 6.58. The highest BCUT2D eigenvalue weighted by atomic mass is 32.1. The molecule has 1 aliphatic heterocycles. The summed E-state index contributed by atoms with van der Waals surface area (Å²) in [4.78, 5) is 8.70. The molecular formula is C19H26FN5O2S+2. The number of aryl methyl sites for hydroxylation is 1. The minimum Gasteiger partial charge on any atom is -0.492 e. The summed E-state index contributed by atoms with van der Waals surface area (Å²) >= 11 is 1.45. The number of quaternary nitrogens is 2. The number of hydrogen-bond acceptors (Lipinski definition) is 5. The molecule has 28 heavy (non-hydrogen) atoms. The van der Waals surface area contributed by atoms with Crippen LogP contribution in [0.3, 0.4) is 0 Å². The predicted octanol–water partition coefficient (Wildman–Crippen LogP) is -0.937. The van der Waals surface area contributed by atoms with Gasteiger partial charge >= 0.3 is 0 Å². The summed E-state index contributed by atoms with van der Waals surface area (Å²) in [6.07, 6.45) is 0.714. The molecule has 1 aromatic carbocycles. The third kappa shape index (κ3) is 3.62. The molecule has 3 aromatic rings. The van der Waals surface area contributed by atoms with Crippen molar-refractivity contribution >= 4 is 16.3 Å². The summed E-state index contributed by atoms with van der Waals surface area (Å²) in [5.41, 5.74) is 0.970. The number of halogens is 1. The molecule has 1 atom stereocenters. The Morgan fingerprint density at radius 1 is 1.21 bits per heavy atom. The number of piperazine rings is 1. The Bertz CT molecular complexity index is 934. The maximum atomic E-state index is 13.5. The van der Waals surface area contributed by atoms with Crippen molar-refractivity contribution in [3.63, 3.8) is 0 Å². The van der Waals surface area contributed by atoms with Gasteiger partial charge in [-0.25, -0.2) is 9.37 Å². The summed E-state index contributed by atoms with van der Waals surface area (Å²) in [7, 11) is 0. The van der Waals surface area contributed by atoms with Crippen molar-refractivity contribution in [1.29, 1.82) is 0 Å². The molecular weight excluding hydrogens is 381 g/mol. The fraction of sp³-hybridized carbons (Fsp3) is 0.474. The molecule has 4 N–H and O–H groups in total. The number of aliphatic hydroxyl groups is 1. The van der Waals surface area contributed by atoms with E-state index in [1.807, 2.05) is 6.92 Å². The quantitative estimate of drug-likeness (QED) is 0.426. The van der Waals surface area contributed by atoms with E-state index in [1.54, 1.807) is 12.1 Å². The normalized spacial score (nSPS) is 21.2. The number of thiazole rings is 1. The largest absolute Gasteiger partial charge is 0.492 e. The number of nitrogens with one attached hydrogen (secondary N) is 2. The van der Waals surface area contributed by atoms with Crippen LogP contribution < -0.4 is 9.80 Å². The van der Waals surface area contributed by atoms with Crippen molar-refractivity contribution in [1.82, 2.24) is 14.6 Å². The minimum absolute atomic E-state index is 0.102. The van der Waals surface area contributed by atoms with Crippen LogP contribution in [0.5, 0.6) is 5.88 Å². The van der Waals surface area contributed by atoms with Gasteiger partial charge in [0.25, 0.3) is 0 Å². The van der Waals surface area contributed by atoms with Crippen LogP contribution in [0, 0.1) is 5.82 Å². The highest BCUT2D eigenvalue weighted by Crippen LogP contribution is 2.35. The van der Waals surface area contributed by atoms with Gasteiger partial charge in [-0.05, 0) is 24.3 Å². The van der Waals surface area contributed by atoms with E-state index in [0.29, 0.717) is 17.2 Å². The zero-order chi connectivity index (χ0) is 19.7. The second-order valence-corrected chi connectivity index (χ2v) is 8.24. The van der Waals surface area contributed by atoms with Crippen molar-refractivity contribution in [2.75, 3.05) is 39.3 Å². The second-order valence-electron chi connectivity index (χ2n) is 7.23. The number of hydrogen-bond donors (Lipinski definition) is 4. The van der Waals surface area contributed by atoms with E-state index in [0.717, 1.165) is 43.2 Å². The van der Waals surface area contributed by atoms with E-state index in [-0.39, 0.29) is 24.3 Å². The molecule has 0 unspecified atom stereocenters. The maximum absolute atomic E-state index is 13.5. The third-order valence-electron chi connectivity index (χ3n) is 5.50. The topological polar surface area (TPSA) is 79.5 Å². The van der Waals surface area contributed by atoms with Crippen molar-refractivity contribution in [2.24, 2.45) is 0 Å². The zero-order valence-corrected chi connectivity index (χ0v) is 16.7. The molecule has 0 amide bonds. The van der Waals surface area contributed by atoms with Crippen molar-refractivity contribution in [2.45, 2.75) is 19.4 Å². The molecule has 150 valence electrons. The molecule has 0 bridgehead atoms. The van der Waals surface area contributed by atoms with Gasteiger partial charge in [-0.3, -0.25) is 0 Å². The van der Waals surface area contributed by atoms with Crippen LogP contribution in [0.1, 0.15) is 29.2 Å². The summed E-state index contributed by atoms with van der Waals surface area (Å²) in [6, 6.07) is 6.44. The number of aliphatic hydroxyl groups excluding tert-OH is 1. The first kappa shape index (κ1) is 19.3. The molecule has 0 radical (unpaired) electrons. The van der Waals surface area contributed by atoms with Gasteiger partial charge in [0.15, 0.2) is 11.9 Å². The Morgan fingerprint density at radius 3 is 2.54 bits per heavy atom. The van der Waals surface area contributed by atoms with Crippen LogP contribution in [0.4, 0.5) is 4.39 Å². The van der Waals surface area contributed by atoms with Crippen molar-refractivity contribution in [3.8, 4) is 5.88 Å². The number of aromatic hydroxyl groups is 1. The van der Waals surface area contributed by atoms with Gasteiger partial charge in [0.2, 0.25) is 10.8 Å².